The van der Waals surface area contributed by atoms with Crippen molar-refractivity contribution in [1.29, 1.82) is 0 Å². The van der Waals surface area contributed by atoms with Crippen molar-refractivity contribution in [1.82, 2.24) is 8.61 Å². The molecule has 0 atom stereocenters. The van der Waals surface area contributed by atoms with Crippen LogP contribution in [0.5, 0.6) is 0 Å². The topological polar surface area (TPSA) is 74.8 Å². The number of benzene rings is 3. The second-order valence-corrected chi connectivity index (χ2v) is 10.8. The Bertz CT molecular complexity index is 1370. The summed E-state index contributed by atoms with van der Waals surface area (Å²) in [6.45, 7) is -0.847. The van der Waals surface area contributed by atoms with E-state index in [0.29, 0.717) is 12.1 Å². The molecule has 0 aliphatic carbocycles. The third-order valence-corrected chi connectivity index (χ3v) is 8.98. The molecular weight excluding hydrogens is 453 g/mol. The quantitative estimate of drug-likeness (QED) is 0.550. The minimum atomic E-state index is -4.46. The summed E-state index contributed by atoms with van der Waals surface area (Å²) in [4.78, 5) is -0.911. The van der Waals surface area contributed by atoms with Gasteiger partial charge in [-0.2, -0.15) is 8.61 Å². The van der Waals surface area contributed by atoms with Crippen LogP contribution < -0.4 is 0 Å². The summed E-state index contributed by atoms with van der Waals surface area (Å²) in [6, 6.07) is 13.2. The average Bonchev–Trinajstić information content (AvgIpc) is 2.77. The largest absolute Gasteiger partial charge is 0.246 e. The van der Waals surface area contributed by atoms with E-state index in [4.69, 9.17) is 0 Å². The summed E-state index contributed by atoms with van der Waals surface area (Å²) in [5, 5.41) is 1.63. The molecule has 3 aromatic rings. The minimum absolute atomic E-state index is 0.0779. The lowest BCUT2D eigenvalue weighted by Crippen LogP contribution is -2.50. The summed E-state index contributed by atoms with van der Waals surface area (Å²) in [6.07, 6.45) is 0. The molecule has 1 aliphatic rings. The summed E-state index contributed by atoms with van der Waals surface area (Å²) in [5.74, 6) is -5.17. The number of piperazine rings is 1. The van der Waals surface area contributed by atoms with Gasteiger partial charge in [-0.25, -0.2) is 30.0 Å². The fourth-order valence-electron chi connectivity index (χ4n) is 3.47. The highest BCUT2D eigenvalue weighted by atomic mass is 32.2. The number of rotatable bonds is 4. The van der Waals surface area contributed by atoms with Crippen LogP contribution in [0.1, 0.15) is 0 Å². The first kappa shape index (κ1) is 21.8. The monoisotopic (exact) mass is 470 g/mol. The average molecular weight is 470 g/mol. The van der Waals surface area contributed by atoms with E-state index < -0.39 is 42.4 Å². The Morgan fingerprint density at radius 3 is 1.87 bits per heavy atom. The molecular formula is C20H17F3N2O4S2. The second-order valence-electron chi connectivity index (χ2n) is 6.99. The van der Waals surface area contributed by atoms with Gasteiger partial charge in [0.2, 0.25) is 20.0 Å². The van der Waals surface area contributed by atoms with Gasteiger partial charge < -0.3 is 0 Å². The van der Waals surface area contributed by atoms with E-state index in [9.17, 15) is 30.0 Å². The molecule has 11 heteroatoms. The van der Waals surface area contributed by atoms with Gasteiger partial charge in [-0.3, -0.25) is 0 Å². The Labute approximate surface area is 177 Å². The predicted octanol–water partition coefficient (Wildman–Crippen LogP) is 2.95. The van der Waals surface area contributed by atoms with Gasteiger partial charge in [0.1, 0.15) is 4.90 Å². The first-order chi connectivity index (χ1) is 14.6. The Morgan fingerprint density at radius 2 is 1.23 bits per heavy atom. The first-order valence-corrected chi connectivity index (χ1v) is 12.1. The molecule has 0 N–H and O–H groups in total. The molecule has 0 spiro atoms. The molecule has 1 heterocycles. The SMILES string of the molecule is O=S(=O)(c1ccc2ccccc2c1)N1CCN(S(=O)(=O)c2ccc(F)c(F)c2F)CC1. The van der Waals surface area contributed by atoms with Crippen molar-refractivity contribution in [2.75, 3.05) is 26.2 Å². The van der Waals surface area contributed by atoms with Crippen LogP contribution in [0.25, 0.3) is 10.8 Å². The van der Waals surface area contributed by atoms with Gasteiger partial charge in [0.05, 0.1) is 4.90 Å². The maximum Gasteiger partial charge on any atom is 0.246 e. The zero-order chi connectivity index (χ0) is 22.4. The van der Waals surface area contributed by atoms with E-state index in [1.807, 2.05) is 12.1 Å². The Morgan fingerprint density at radius 1 is 0.645 bits per heavy atom. The third kappa shape index (κ3) is 3.82. The summed E-state index contributed by atoms with van der Waals surface area (Å²) in [5.41, 5.74) is 0. The molecule has 0 aromatic heterocycles. The molecule has 31 heavy (non-hydrogen) atoms. The molecule has 1 saturated heterocycles. The Balaban J connectivity index is 1.55. The van der Waals surface area contributed by atoms with Crippen molar-refractivity contribution >= 4 is 30.8 Å². The standard InChI is InChI=1S/C20H17F3N2O4S2/c21-17-7-8-18(20(23)19(17)22)31(28,29)25-11-9-24(10-12-25)30(26,27)16-6-5-14-3-1-2-4-15(14)13-16/h1-8,13H,9-12H2. The number of halogens is 3. The van der Waals surface area contributed by atoms with Gasteiger partial charge in [0.25, 0.3) is 0 Å². The molecule has 0 bridgehead atoms. The van der Waals surface area contributed by atoms with Crippen LogP contribution in [-0.2, 0) is 20.0 Å². The maximum absolute atomic E-state index is 14.0. The first-order valence-electron chi connectivity index (χ1n) is 9.25. The van der Waals surface area contributed by atoms with E-state index in [0.717, 1.165) is 19.4 Å². The van der Waals surface area contributed by atoms with Crippen LogP contribution >= 0.6 is 0 Å². The van der Waals surface area contributed by atoms with Crippen LogP contribution in [0, 0.1) is 17.5 Å². The summed E-state index contributed by atoms with van der Waals surface area (Å²) >= 11 is 0. The number of hydrogen-bond donors (Lipinski definition) is 0. The van der Waals surface area contributed by atoms with Gasteiger partial charge in [0.15, 0.2) is 17.5 Å². The molecule has 1 fully saturated rings. The van der Waals surface area contributed by atoms with Crippen molar-refractivity contribution in [3.8, 4) is 0 Å². The van der Waals surface area contributed by atoms with E-state index in [1.54, 1.807) is 24.3 Å². The molecule has 0 unspecified atom stereocenters. The number of nitrogens with zero attached hydrogens (tertiary/aromatic N) is 2. The van der Waals surface area contributed by atoms with Crippen LogP contribution in [-0.4, -0.2) is 51.6 Å². The highest BCUT2D eigenvalue weighted by Gasteiger charge is 2.36. The van der Waals surface area contributed by atoms with Crippen LogP contribution in [0.3, 0.4) is 0 Å². The normalized spacial score (nSPS) is 16.6. The molecule has 0 saturated carbocycles. The molecule has 4 rings (SSSR count). The number of sulfonamides is 2. The van der Waals surface area contributed by atoms with Gasteiger partial charge in [-0.15, -0.1) is 0 Å². The zero-order valence-electron chi connectivity index (χ0n) is 16.0. The molecule has 164 valence electrons. The number of hydrogen-bond acceptors (Lipinski definition) is 4. The lowest BCUT2D eigenvalue weighted by atomic mass is 10.1. The molecule has 6 nitrogen and oxygen atoms in total. The second kappa shape index (κ2) is 7.90. The maximum atomic E-state index is 14.0. The van der Waals surface area contributed by atoms with E-state index >= 15 is 0 Å². The third-order valence-electron chi connectivity index (χ3n) is 5.17. The molecule has 3 aromatic carbocycles. The number of fused-ring (bicyclic) bond motifs is 1. The van der Waals surface area contributed by atoms with Crippen molar-refractivity contribution in [3.05, 3.63) is 72.0 Å². The van der Waals surface area contributed by atoms with Crippen LogP contribution in [0.2, 0.25) is 0 Å². The highest BCUT2D eigenvalue weighted by Crippen LogP contribution is 2.26. The zero-order valence-corrected chi connectivity index (χ0v) is 17.6. The van der Waals surface area contributed by atoms with Gasteiger partial charge in [-0.1, -0.05) is 30.3 Å². The fourth-order valence-corrected chi connectivity index (χ4v) is 6.41. The molecule has 0 radical (unpaired) electrons. The molecule has 1 aliphatic heterocycles. The van der Waals surface area contributed by atoms with E-state index in [-0.39, 0.29) is 31.1 Å². The van der Waals surface area contributed by atoms with E-state index in [1.165, 1.54) is 6.07 Å². The minimum Gasteiger partial charge on any atom is -0.207 e. The van der Waals surface area contributed by atoms with Crippen molar-refractivity contribution < 1.29 is 30.0 Å². The lowest BCUT2D eigenvalue weighted by Gasteiger charge is -2.33. The fraction of sp³-hybridized carbons (Fsp3) is 0.200. The Kier molecular flexibility index (Phi) is 5.54. The van der Waals surface area contributed by atoms with E-state index in [2.05, 4.69) is 0 Å². The predicted molar refractivity (Wildman–Crippen MR) is 108 cm³/mol. The summed E-state index contributed by atoms with van der Waals surface area (Å²) < 4.78 is 94.0. The van der Waals surface area contributed by atoms with Crippen LogP contribution in [0.4, 0.5) is 13.2 Å². The Hall–Kier alpha value is -2.47. The lowest BCUT2D eigenvalue weighted by molar-refractivity contribution is 0.272. The smallest absolute Gasteiger partial charge is 0.207 e. The van der Waals surface area contributed by atoms with Gasteiger partial charge >= 0.3 is 0 Å². The van der Waals surface area contributed by atoms with Crippen molar-refractivity contribution in [3.63, 3.8) is 0 Å². The van der Waals surface area contributed by atoms with Gasteiger partial charge in [-0.05, 0) is 35.0 Å². The van der Waals surface area contributed by atoms with Crippen LogP contribution in [0.15, 0.2) is 64.4 Å². The van der Waals surface area contributed by atoms with Crippen molar-refractivity contribution in [2.24, 2.45) is 0 Å². The van der Waals surface area contributed by atoms with Crippen molar-refractivity contribution in [2.45, 2.75) is 9.79 Å². The van der Waals surface area contributed by atoms with Gasteiger partial charge in [0, 0.05) is 26.2 Å². The highest BCUT2D eigenvalue weighted by molar-refractivity contribution is 7.89. The summed E-state index contributed by atoms with van der Waals surface area (Å²) in [7, 11) is -8.34. The molecule has 0 amide bonds.